The minimum Gasteiger partial charge on any atom is -0.508 e. The molecule has 4 nitrogen and oxygen atoms in total. The van der Waals surface area contributed by atoms with Crippen molar-refractivity contribution >= 4 is 16.9 Å². The molecule has 0 saturated heterocycles. The number of carbonyl (C=O) groups is 1. The van der Waals surface area contributed by atoms with Gasteiger partial charge in [-0.3, -0.25) is 0 Å². The van der Waals surface area contributed by atoms with Crippen LogP contribution in [0.3, 0.4) is 0 Å². The highest BCUT2D eigenvalue weighted by Gasteiger charge is 2.41. The Labute approximate surface area is 118 Å². The lowest BCUT2D eigenvalue weighted by Gasteiger charge is -2.15. The second-order valence-electron chi connectivity index (χ2n) is 5.23. The van der Waals surface area contributed by atoms with E-state index in [-0.39, 0.29) is 29.1 Å². The molecule has 7 heteroatoms. The van der Waals surface area contributed by atoms with Gasteiger partial charge in [-0.05, 0) is 24.1 Å². The van der Waals surface area contributed by atoms with Crippen molar-refractivity contribution in [3.05, 3.63) is 29.5 Å². The van der Waals surface area contributed by atoms with Crippen LogP contribution in [0.4, 0.5) is 13.2 Å². The Morgan fingerprint density at radius 2 is 1.95 bits per heavy atom. The zero-order valence-corrected chi connectivity index (χ0v) is 11.4. The number of aromatic hydroxyl groups is 1. The summed E-state index contributed by atoms with van der Waals surface area (Å²) in [6.45, 7) is 3.52. The number of aromatic nitrogens is 1. The molecule has 0 unspecified atom stereocenters. The molecule has 0 fully saturated rings. The van der Waals surface area contributed by atoms with Crippen LogP contribution in [0.25, 0.3) is 10.9 Å². The van der Waals surface area contributed by atoms with Crippen LogP contribution in [-0.4, -0.2) is 20.7 Å². The predicted octanol–water partition coefficient (Wildman–Crippen LogP) is 3.72. The second kappa shape index (κ2) is 4.98. The summed E-state index contributed by atoms with van der Waals surface area (Å²) >= 11 is 0. The van der Waals surface area contributed by atoms with Gasteiger partial charge in [-0.25, -0.2) is 4.79 Å². The highest BCUT2D eigenvalue weighted by Crippen LogP contribution is 2.39. The maximum atomic E-state index is 13.3. The Kier molecular flexibility index (Phi) is 3.61. The maximum absolute atomic E-state index is 13.3. The van der Waals surface area contributed by atoms with Crippen LogP contribution in [0.2, 0.25) is 0 Å². The van der Waals surface area contributed by atoms with Gasteiger partial charge in [0.25, 0.3) is 0 Å². The molecule has 0 spiro atoms. The zero-order valence-electron chi connectivity index (χ0n) is 11.4. The average Bonchev–Trinajstić information content (AvgIpc) is 2.62. The third-order valence-corrected chi connectivity index (χ3v) is 3.08. The number of rotatable bonds is 3. The van der Waals surface area contributed by atoms with E-state index >= 15 is 0 Å². The normalized spacial score (nSPS) is 12.3. The number of alkyl halides is 3. The topological polar surface area (TPSA) is 62.5 Å². The van der Waals surface area contributed by atoms with Crippen molar-refractivity contribution in [1.29, 1.82) is 0 Å². The first-order valence-corrected chi connectivity index (χ1v) is 6.28. The van der Waals surface area contributed by atoms with Crippen LogP contribution in [0, 0.1) is 5.92 Å². The fourth-order valence-electron chi connectivity index (χ4n) is 2.41. The van der Waals surface area contributed by atoms with E-state index in [0.29, 0.717) is 0 Å². The Hall–Kier alpha value is -2.18. The Morgan fingerprint density at radius 3 is 2.43 bits per heavy atom. The highest BCUT2D eigenvalue weighted by atomic mass is 19.4. The quantitative estimate of drug-likeness (QED) is 0.908. The van der Waals surface area contributed by atoms with Crippen LogP contribution < -0.4 is 0 Å². The number of halogens is 3. The van der Waals surface area contributed by atoms with Crippen molar-refractivity contribution in [3.8, 4) is 5.75 Å². The molecular weight excluding hydrogens is 287 g/mol. The first kappa shape index (κ1) is 15.2. The van der Waals surface area contributed by atoms with Gasteiger partial charge >= 0.3 is 12.1 Å². The van der Waals surface area contributed by atoms with E-state index in [2.05, 4.69) is 0 Å². The lowest BCUT2D eigenvalue weighted by Crippen LogP contribution is -2.19. The van der Waals surface area contributed by atoms with Crippen LogP contribution in [0.15, 0.2) is 18.2 Å². The number of hydrogen-bond acceptors (Lipinski definition) is 2. The molecule has 1 heterocycles. The average molecular weight is 301 g/mol. The minimum absolute atomic E-state index is 0.0311. The van der Waals surface area contributed by atoms with Crippen molar-refractivity contribution < 1.29 is 28.2 Å². The number of benzene rings is 1. The van der Waals surface area contributed by atoms with Crippen LogP contribution >= 0.6 is 0 Å². The molecule has 2 rings (SSSR count). The van der Waals surface area contributed by atoms with Crippen molar-refractivity contribution in [1.82, 2.24) is 4.57 Å². The molecule has 114 valence electrons. The van der Waals surface area contributed by atoms with E-state index in [1.54, 1.807) is 13.8 Å². The van der Waals surface area contributed by atoms with Gasteiger partial charge in [0.2, 0.25) is 0 Å². The molecule has 0 radical (unpaired) electrons. The lowest BCUT2D eigenvalue weighted by atomic mass is 10.1. The van der Waals surface area contributed by atoms with E-state index in [4.69, 9.17) is 0 Å². The molecule has 1 aromatic carbocycles. The van der Waals surface area contributed by atoms with E-state index < -0.39 is 23.4 Å². The molecule has 0 aliphatic rings. The Balaban J connectivity index is 2.93. The maximum Gasteiger partial charge on any atom is 0.432 e. The number of carboxylic acid groups (broad SMARTS) is 1. The smallest absolute Gasteiger partial charge is 0.432 e. The summed E-state index contributed by atoms with van der Waals surface area (Å²) in [5.41, 5.74) is -1.87. The number of carboxylic acids is 1. The standard InChI is InChI=1S/C14H14F3NO3/c1-7(2)6-18-10-4-3-8(19)5-9(10)11(13(20)21)12(18)14(15,16)17/h3-5,7,19H,6H2,1-2H3,(H,20,21). The molecule has 0 saturated carbocycles. The van der Waals surface area contributed by atoms with E-state index in [1.807, 2.05) is 0 Å². The van der Waals surface area contributed by atoms with Crippen molar-refractivity contribution in [2.75, 3.05) is 0 Å². The minimum atomic E-state index is -4.79. The largest absolute Gasteiger partial charge is 0.508 e. The number of aromatic carboxylic acids is 1. The summed E-state index contributed by atoms with van der Waals surface area (Å²) in [5, 5.41) is 18.5. The molecule has 0 bridgehead atoms. The summed E-state index contributed by atoms with van der Waals surface area (Å²) in [6.07, 6.45) is -4.79. The van der Waals surface area contributed by atoms with E-state index in [9.17, 15) is 28.2 Å². The fraction of sp³-hybridized carbons (Fsp3) is 0.357. The molecule has 2 N–H and O–H groups in total. The van der Waals surface area contributed by atoms with Crippen molar-refractivity contribution in [3.63, 3.8) is 0 Å². The monoisotopic (exact) mass is 301 g/mol. The van der Waals surface area contributed by atoms with Gasteiger partial charge in [0.1, 0.15) is 11.4 Å². The first-order chi connectivity index (χ1) is 9.62. The molecule has 0 aliphatic heterocycles. The van der Waals surface area contributed by atoms with Gasteiger partial charge in [0, 0.05) is 17.4 Å². The van der Waals surface area contributed by atoms with Gasteiger partial charge < -0.3 is 14.8 Å². The second-order valence-corrected chi connectivity index (χ2v) is 5.23. The molecular formula is C14H14F3NO3. The van der Waals surface area contributed by atoms with Gasteiger partial charge in [-0.1, -0.05) is 13.8 Å². The Morgan fingerprint density at radius 1 is 1.33 bits per heavy atom. The zero-order chi connectivity index (χ0) is 15.9. The van der Waals surface area contributed by atoms with Gasteiger partial charge in [0.05, 0.1) is 5.56 Å². The van der Waals surface area contributed by atoms with E-state index in [0.717, 1.165) is 10.6 Å². The molecule has 1 aromatic heterocycles. The molecule has 0 amide bonds. The SMILES string of the molecule is CC(C)Cn1c(C(F)(F)F)c(C(=O)O)c2cc(O)ccc21. The van der Waals surface area contributed by atoms with Gasteiger partial charge in [-0.2, -0.15) is 13.2 Å². The number of hydrogen-bond donors (Lipinski definition) is 2. The lowest BCUT2D eigenvalue weighted by molar-refractivity contribution is -0.144. The van der Waals surface area contributed by atoms with Crippen molar-refractivity contribution in [2.45, 2.75) is 26.6 Å². The van der Waals surface area contributed by atoms with Gasteiger partial charge in [0.15, 0.2) is 0 Å². The summed E-state index contributed by atoms with van der Waals surface area (Å²) in [7, 11) is 0. The van der Waals surface area contributed by atoms with Gasteiger partial charge in [-0.15, -0.1) is 0 Å². The van der Waals surface area contributed by atoms with Crippen LogP contribution in [-0.2, 0) is 12.7 Å². The predicted molar refractivity (Wildman–Crippen MR) is 70.4 cm³/mol. The third kappa shape index (κ3) is 2.68. The summed E-state index contributed by atoms with van der Waals surface area (Å²) in [6, 6.07) is 3.59. The summed E-state index contributed by atoms with van der Waals surface area (Å²) in [5.74, 6) is -2.04. The van der Waals surface area contributed by atoms with Crippen molar-refractivity contribution in [2.24, 2.45) is 5.92 Å². The highest BCUT2D eigenvalue weighted by molar-refractivity contribution is 6.05. The molecule has 21 heavy (non-hydrogen) atoms. The molecule has 0 aliphatic carbocycles. The first-order valence-electron chi connectivity index (χ1n) is 6.28. The molecule has 0 atom stereocenters. The van der Waals surface area contributed by atoms with Crippen LogP contribution in [0.1, 0.15) is 29.9 Å². The number of nitrogens with zero attached hydrogens (tertiary/aromatic N) is 1. The molecule has 2 aromatic rings. The number of fused-ring (bicyclic) bond motifs is 1. The Bertz CT molecular complexity index is 702. The number of phenols is 1. The summed E-state index contributed by atoms with van der Waals surface area (Å²) in [4.78, 5) is 11.3. The van der Waals surface area contributed by atoms with Crippen LogP contribution in [0.5, 0.6) is 5.75 Å². The fourth-order valence-corrected chi connectivity index (χ4v) is 2.41. The summed E-state index contributed by atoms with van der Waals surface area (Å²) < 4.78 is 40.9. The number of phenolic OH excluding ortho intramolecular Hbond substituents is 1. The van der Waals surface area contributed by atoms with E-state index in [1.165, 1.54) is 12.1 Å². The third-order valence-electron chi connectivity index (χ3n) is 3.08.